The van der Waals surface area contributed by atoms with Crippen molar-refractivity contribution in [2.24, 2.45) is 0 Å². The van der Waals surface area contributed by atoms with Crippen LogP contribution >= 0.6 is 0 Å². The van der Waals surface area contributed by atoms with Crippen LogP contribution in [0.25, 0.3) is 0 Å². The fraction of sp³-hybridized carbons (Fsp3) is 0. The number of nitrogens with zero attached hydrogens (tertiary/aromatic N) is 2. The Balaban J connectivity index is 3.30. The van der Waals surface area contributed by atoms with E-state index in [0.717, 1.165) is 0 Å². The predicted octanol–water partition coefficient (Wildman–Crippen LogP) is -0.173. The Morgan fingerprint density at radius 1 is 1.82 bits per heavy atom. The van der Waals surface area contributed by atoms with Gasteiger partial charge in [-0.3, -0.25) is 0 Å². The standard InChI is InChI=1S/C5H3N3O3/c6-1-2-3(5(9)10)8-11-4(2)7/h7H2,(H,9,10). The Hall–Kier alpha value is -2.03. The molecule has 0 saturated heterocycles. The topological polar surface area (TPSA) is 113 Å². The zero-order chi connectivity index (χ0) is 8.43. The number of nitrogens with two attached hydrogens (primary N) is 1. The highest BCUT2D eigenvalue weighted by molar-refractivity contribution is 5.89. The zero-order valence-electron chi connectivity index (χ0n) is 5.24. The summed E-state index contributed by atoms with van der Waals surface area (Å²) in [5, 5.41) is 19.8. The summed E-state index contributed by atoms with van der Waals surface area (Å²) in [7, 11) is 0. The summed E-state index contributed by atoms with van der Waals surface area (Å²) in [4.78, 5) is 10.3. The molecule has 1 aromatic rings. The third-order valence-electron chi connectivity index (χ3n) is 1.03. The average molecular weight is 153 g/mol. The van der Waals surface area contributed by atoms with E-state index in [1.807, 2.05) is 0 Å². The van der Waals surface area contributed by atoms with Crippen LogP contribution in [0.1, 0.15) is 16.1 Å². The molecule has 0 spiro atoms. The lowest BCUT2D eigenvalue weighted by Crippen LogP contribution is -1.99. The second-order valence-electron chi connectivity index (χ2n) is 1.69. The molecule has 56 valence electrons. The molecule has 0 fully saturated rings. The first-order valence-corrected chi connectivity index (χ1v) is 2.55. The number of nitrogen functional groups attached to an aromatic ring is 1. The van der Waals surface area contributed by atoms with Crippen molar-refractivity contribution in [3.05, 3.63) is 11.3 Å². The van der Waals surface area contributed by atoms with Crippen molar-refractivity contribution < 1.29 is 14.4 Å². The number of carboxylic acid groups (broad SMARTS) is 1. The molecular formula is C5H3N3O3. The number of nitriles is 1. The van der Waals surface area contributed by atoms with Crippen LogP contribution in [0.2, 0.25) is 0 Å². The summed E-state index contributed by atoms with van der Waals surface area (Å²) >= 11 is 0. The van der Waals surface area contributed by atoms with Crippen molar-refractivity contribution in [3.63, 3.8) is 0 Å². The maximum atomic E-state index is 10.3. The number of anilines is 1. The van der Waals surface area contributed by atoms with Crippen LogP contribution in [0.5, 0.6) is 0 Å². The van der Waals surface area contributed by atoms with Crippen molar-refractivity contribution in [1.29, 1.82) is 5.26 Å². The van der Waals surface area contributed by atoms with Crippen LogP contribution in [0.15, 0.2) is 4.52 Å². The van der Waals surface area contributed by atoms with Gasteiger partial charge in [-0.2, -0.15) is 5.26 Å². The van der Waals surface area contributed by atoms with Crippen molar-refractivity contribution >= 4 is 11.9 Å². The molecule has 1 aromatic heterocycles. The second-order valence-corrected chi connectivity index (χ2v) is 1.69. The minimum atomic E-state index is -1.33. The highest BCUT2D eigenvalue weighted by Crippen LogP contribution is 2.13. The second kappa shape index (κ2) is 2.30. The summed E-state index contributed by atoms with van der Waals surface area (Å²) in [6.07, 6.45) is 0. The van der Waals surface area contributed by atoms with Gasteiger partial charge in [-0.15, -0.1) is 0 Å². The summed E-state index contributed by atoms with van der Waals surface area (Å²) in [5.74, 6) is -1.60. The van der Waals surface area contributed by atoms with Gasteiger partial charge in [0.15, 0.2) is 5.56 Å². The SMILES string of the molecule is N#Cc1c(C(=O)O)noc1N. The summed E-state index contributed by atoms with van der Waals surface area (Å²) in [6.45, 7) is 0. The van der Waals surface area contributed by atoms with Gasteiger partial charge < -0.3 is 15.4 Å². The van der Waals surface area contributed by atoms with E-state index in [4.69, 9.17) is 16.1 Å². The van der Waals surface area contributed by atoms with Crippen LogP contribution in [-0.4, -0.2) is 16.2 Å². The van der Waals surface area contributed by atoms with Crippen LogP contribution in [0, 0.1) is 11.3 Å². The first-order chi connectivity index (χ1) is 5.16. The Morgan fingerprint density at radius 3 is 2.82 bits per heavy atom. The van der Waals surface area contributed by atoms with Crippen molar-refractivity contribution in [1.82, 2.24) is 5.16 Å². The third kappa shape index (κ3) is 0.986. The van der Waals surface area contributed by atoms with E-state index >= 15 is 0 Å². The number of hydrogen-bond donors (Lipinski definition) is 2. The fourth-order valence-electron chi connectivity index (χ4n) is 0.557. The number of carboxylic acids is 1. The average Bonchev–Trinajstić information content (AvgIpc) is 2.30. The van der Waals surface area contributed by atoms with Gasteiger partial charge in [0.25, 0.3) is 0 Å². The van der Waals surface area contributed by atoms with E-state index in [1.165, 1.54) is 0 Å². The van der Waals surface area contributed by atoms with Crippen LogP contribution in [0.4, 0.5) is 5.88 Å². The van der Waals surface area contributed by atoms with E-state index < -0.39 is 11.7 Å². The molecule has 0 bridgehead atoms. The molecule has 0 aromatic carbocycles. The molecule has 0 unspecified atom stereocenters. The molecular weight excluding hydrogens is 150 g/mol. The Bertz CT molecular complexity index is 335. The van der Waals surface area contributed by atoms with Gasteiger partial charge in [-0.1, -0.05) is 5.16 Å². The minimum absolute atomic E-state index is 0.238. The first kappa shape index (κ1) is 7.08. The highest BCUT2D eigenvalue weighted by Gasteiger charge is 2.18. The molecule has 0 aliphatic heterocycles. The number of aromatic nitrogens is 1. The van der Waals surface area contributed by atoms with E-state index in [2.05, 4.69) is 9.68 Å². The lowest BCUT2D eigenvalue weighted by atomic mass is 10.2. The van der Waals surface area contributed by atoms with E-state index in [1.54, 1.807) is 6.07 Å². The summed E-state index contributed by atoms with van der Waals surface area (Å²) in [6, 6.07) is 1.56. The van der Waals surface area contributed by atoms with Gasteiger partial charge in [0, 0.05) is 0 Å². The third-order valence-corrected chi connectivity index (χ3v) is 1.03. The number of rotatable bonds is 1. The van der Waals surface area contributed by atoms with Gasteiger partial charge in [0.2, 0.25) is 11.6 Å². The lowest BCUT2D eigenvalue weighted by molar-refractivity contribution is 0.0685. The smallest absolute Gasteiger partial charge is 0.359 e. The molecule has 0 aliphatic carbocycles. The van der Waals surface area contributed by atoms with Crippen molar-refractivity contribution in [2.45, 2.75) is 0 Å². The van der Waals surface area contributed by atoms with Gasteiger partial charge in [0.05, 0.1) is 0 Å². The summed E-state index contributed by atoms with van der Waals surface area (Å²) < 4.78 is 4.27. The molecule has 1 heterocycles. The van der Waals surface area contributed by atoms with Crippen molar-refractivity contribution in [2.75, 3.05) is 5.73 Å². The maximum Gasteiger partial charge on any atom is 0.359 e. The van der Waals surface area contributed by atoms with E-state index in [0.29, 0.717) is 0 Å². The quantitative estimate of drug-likeness (QED) is 0.578. The molecule has 1 rings (SSSR count). The normalized spacial score (nSPS) is 9.00. The lowest BCUT2D eigenvalue weighted by Gasteiger charge is -1.82. The van der Waals surface area contributed by atoms with Crippen molar-refractivity contribution in [3.8, 4) is 6.07 Å². The molecule has 0 atom stereocenters. The van der Waals surface area contributed by atoms with Gasteiger partial charge in [0.1, 0.15) is 6.07 Å². The molecule has 0 radical (unpaired) electrons. The molecule has 0 saturated carbocycles. The number of carbonyl (C=O) groups is 1. The molecule has 0 aliphatic rings. The number of hydrogen-bond acceptors (Lipinski definition) is 5. The molecule has 11 heavy (non-hydrogen) atoms. The van der Waals surface area contributed by atoms with E-state index in [9.17, 15) is 4.79 Å². The van der Waals surface area contributed by atoms with Gasteiger partial charge in [-0.25, -0.2) is 4.79 Å². The maximum absolute atomic E-state index is 10.3. The Labute approximate surface area is 60.8 Å². The molecule has 6 nitrogen and oxygen atoms in total. The van der Waals surface area contributed by atoms with Gasteiger partial charge >= 0.3 is 5.97 Å². The van der Waals surface area contributed by atoms with Gasteiger partial charge in [-0.05, 0) is 0 Å². The van der Waals surface area contributed by atoms with Crippen LogP contribution < -0.4 is 5.73 Å². The molecule has 3 N–H and O–H groups in total. The predicted molar refractivity (Wildman–Crippen MR) is 32.6 cm³/mol. The Morgan fingerprint density at radius 2 is 2.45 bits per heavy atom. The van der Waals surface area contributed by atoms with Crippen LogP contribution in [0.3, 0.4) is 0 Å². The van der Waals surface area contributed by atoms with Crippen LogP contribution in [-0.2, 0) is 0 Å². The Kier molecular flexibility index (Phi) is 1.48. The summed E-state index contributed by atoms with van der Waals surface area (Å²) in [5.41, 5.74) is 4.38. The first-order valence-electron chi connectivity index (χ1n) is 2.55. The largest absolute Gasteiger partial charge is 0.476 e. The monoisotopic (exact) mass is 153 g/mol. The minimum Gasteiger partial charge on any atom is -0.476 e. The number of aromatic carboxylic acids is 1. The molecule has 6 heteroatoms. The molecule has 0 amide bonds. The highest BCUT2D eigenvalue weighted by atomic mass is 16.5. The zero-order valence-corrected chi connectivity index (χ0v) is 5.24. The fourth-order valence-corrected chi connectivity index (χ4v) is 0.557. The van der Waals surface area contributed by atoms with E-state index in [-0.39, 0.29) is 11.4 Å².